The molecule has 18 heavy (non-hydrogen) atoms. The van der Waals surface area contributed by atoms with E-state index in [2.05, 4.69) is 46.1 Å². The molecule has 0 radical (unpaired) electrons. The molecule has 0 aliphatic rings. The van der Waals surface area contributed by atoms with Gasteiger partial charge in [-0.05, 0) is 53.5 Å². The highest BCUT2D eigenvalue weighted by Gasteiger charge is 2.21. The molecule has 0 aliphatic carbocycles. The number of nitrogens with zero attached hydrogens (tertiary/aromatic N) is 1. The molecule has 0 bridgehead atoms. The first-order chi connectivity index (χ1) is 8.74. The van der Waals surface area contributed by atoms with Crippen molar-refractivity contribution in [2.45, 2.75) is 26.3 Å². The molecular formula is C14H17BrN2O. The third-order valence-electron chi connectivity index (χ3n) is 2.83. The molecule has 1 atom stereocenters. The minimum atomic E-state index is -0.00414. The molecule has 96 valence electrons. The van der Waals surface area contributed by atoms with Crippen LogP contribution >= 0.6 is 15.9 Å². The first-order valence-corrected chi connectivity index (χ1v) is 6.91. The molecule has 0 fully saturated rings. The Labute approximate surface area is 116 Å². The van der Waals surface area contributed by atoms with Crippen molar-refractivity contribution in [2.75, 3.05) is 6.54 Å². The summed E-state index contributed by atoms with van der Waals surface area (Å²) in [4.78, 5) is 4.49. The fourth-order valence-corrected chi connectivity index (χ4v) is 2.34. The van der Waals surface area contributed by atoms with E-state index >= 15 is 0 Å². The lowest BCUT2D eigenvalue weighted by atomic mass is 10.1. The minimum Gasteiger partial charge on any atom is -0.466 e. The number of halogens is 1. The summed E-state index contributed by atoms with van der Waals surface area (Å²) in [6.07, 6.45) is 4.58. The highest BCUT2D eigenvalue weighted by atomic mass is 79.9. The van der Waals surface area contributed by atoms with Crippen molar-refractivity contribution in [3.63, 3.8) is 0 Å². The molecule has 1 unspecified atom stereocenters. The van der Waals surface area contributed by atoms with Crippen molar-refractivity contribution in [1.29, 1.82) is 0 Å². The van der Waals surface area contributed by atoms with E-state index in [1.54, 1.807) is 6.26 Å². The normalized spacial score (nSPS) is 12.6. The van der Waals surface area contributed by atoms with Crippen molar-refractivity contribution in [3.05, 3.63) is 52.1 Å². The van der Waals surface area contributed by atoms with Gasteiger partial charge in [-0.3, -0.25) is 4.98 Å². The Morgan fingerprint density at radius 2 is 2.28 bits per heavy atom. The van der Waals surface area contributed by atoms with Crippen LogP contribution in [0.15, 0.2) is 39.5 Å². The summed E-state index contributed by atoms with van der Waals surface area (Å²) >= 11 is 3.52. The van der Waals surface area contributed by atoms with Gasteiger partial charge < -0.3 is 9.73 Å². The lowest BCUT2D eigenvalue weighted by molar-refractivity contribution is 0.438. The van der Waals surface area contributed by atoms with Gasteiger partial charge in [0.15, 0.2) is 0 Å². The van der Waals surface area contributed by atoms with Gasteiger partial charge >= 0.3 is 0 Å². The summed E-state index contributed by atoms with van der Waals surface area (Å²) in [6.45, 7) is 5.14. The maximum Gasteiger partial charge on any atom is 0.140 e. The molecule has 2 rings (SSSR count). The van der Waals surface area contributed by atoms with Crippen LogP contribution < -0.4 is 5.32 Å². The van der Waals surface area contributed by atoms with Crippen molar-refractivity contribution in [3.8, 4) is 0 Å². The average molecular weight is 309 g/mol. The van der Waals surface area contributed by atoms with Crippen molar-refractivity contribution in [2.24, 2.45) is 0 Å². The van der Waals surface area contributed by atoms with Crippen LogP contribution in [-0.2, 0) is 0 Å². The number of aryl methyl sites for hydroxylation is 1. The second kappa shape index (κ2) is 6.16. The molecule has 0 amide bonds. The second-order valence-corrected chi connectivity index (χ2v) is 5.08. The van der Waals surface area contributed by atoms with Gasteiger partial charge in [0, 0.05) is 6.20 Å². The standard InChI is InChI=1S/C14H17BrN2O/c1-3-7-16-13(14-11(15)6-9-18-14)12-10(2)5-4-8-17-12/h4-6,8-9,13,16H,3,7H2,1-2H3. The van der Waals surface area contributed by atoms with E-state index in [9.17, 15) is 0 Å². The van der Waals surface area contributed by atoms with Crippen molar-refractivity contribution >= 4 is 15.9 Å². The van der Waals surface area contributed by atoms with Crippen LogP contribution in [0.1, 0.15) is 36.4 Å². The Balaban J connectivity index is 2.37. The number of furan rings is 1. The van der Waals surface area contributed by atoms with Crippen LogP contribution in [0.25, 0.3) is 0 Å². The quantitative estimate of drug-likeness (QED) is 0.912. The molecule has 0 spiro atoms. The van der Waals surface area contributed by atoms with Gasteiger partial charge in [0.25, 0.3) is 0 Å². The maximum atomic E-state index is 5.58. The highest BCUT2D eigenvalue weighted by Crippen LogP contribution is 2.29. The summed E-state index contributed by atoms with van der Waals surface area (Å²) in [6, 6.07) is 5.93. The van der Waals surface area contributed by atoms with Gasteiger partial charge in [0.05, 0.1) is 16.4 Å². The Hall–Kier alpha value is -1.13. The summed E-state index contributed by atoms with van der Waals surface area (Å²) in [5.74, 6) is 0.880. The third kappa shape index (κ3) is 2.82. The van der Waals surface area contributed by atoms with Crippen molar-refractivity contribution < 1.29 is 4.42 Å². The number of pyridine rings is 1. The Morgan fingerprint density at radius 3 is 2.89 bits per heavy atom. The van der Waals surface area contributed by atoms with Gasteiger partial charge in [-0.15, -0.1) is 0 Å². The van der Waals surface area contributed by atoms with Crippen LogP contribution in [0, 0.1) is 6.92 Å². The second-order valence-electron chi connectivity index (χ2n) is 4.23. The van der Waals surface area contributed by atoms with E-state index < -0.39 is 0 Å². The molecule has 0 saturated carbocycles. The Bertz CT molecular complexity index is 510. The summed E-state index contributed by atoms with van der Waals surface area (Å²) < 4.78 is 6.56. The molecule has 2 aromatic rings. The molecule has 2 heterocycles. The van der Waals surface area contributed by atoms with Gasteiger partial charge in [-0.25, -0.2) is 0 Å². The monoisotopic (exact) mass is 308 g/mol. The Kier molecular flexibility index (Phi) is 4.55. The van der Waals surface area contributed by atoms with E-state index in [0.29, 0.717) is 0 Å². The molecule has 3 nitrogen and oxygen atoms in total. The minimum absolute atomic E-state index is 0.00414. The topological polar surface area (TPSA) is 38.1 Å². The molecule has 0 aromatic carbocycles. The van der Waals surface area contributed by atoms with Crippen LogP contribution in [0.2, 0.25) is 0 Å². The molecular weight excluding hydrogens is 292 g/mol. The molecule has 4 heteroatoms. The zero-order chi connectivity index (χ0) is 13.0. The van der Waals surface area contributed by atoms with Gasteiger partial charge in [0.1, 0.15) is 11.8 Å². The molecule has 0 saturated heterocycles. The van der Waals surface area contributed by atoms with Gasteiger partial charge in [-0.1, -0.05) is 13.0 Å². The number of hydrogen-bond donors (Lipinski definition) is 1. The van der Waals surface area contributed by atoms with Crippen molar-refractivity contribution in [1.82, 2.24) is 10.3 Å². The van der Waals surface area contributed by atoms with Crippen LogP contribution in [0.3, 0.4) is 0 Å². The van der Waals surface area contributed by atoms with E-state index in [4.69, 9.17) is 4.42 Å². The van der Waals surface area contributed by atoms with Crippen LogP contribution in [-0.4, -0.2) is 11.5 Å². The fourth-order valence-electron chi connectivity index (χ4n) is 1.91. The Morgan fingerprint density at radius 1 is 1.44 bits per heavy atom. The van der Waals surface area contributed by atoms with Crippen LogP contribution in [0.4, 0.5) is 0 Å². The predicted molar refractivity (Wildman–Crippen MR) is 75.5 cm³/mol. The first-order valence-electron chi connectivity index (χ1n) is 6.11. The summed E-state index contributed by atoms with van der Waals surface area (Å²) in [5, 5.41) is 3.48. The molecule has 2 aromatic heterocycles. The van der Waals surface area contributed by atoms with E-state index in [-0.39, 0.29) is 6.04 Å². The number of rotatable bonds is 5. The van der Waals surface area contributed by atoms with Gasteiger partial charge in [-0.2, -0.15) is 0 Å². The van der Waals surface area contributed by atoms with E-state index in [1.165, 1.54) is 0 Å². The number of nitrogens with one attached hydrogen (secondary N) is 1. The highest BCUT2D eigenvalue weighted by molar-refractivity contribution is 9.10. The lowest BCUT2D eigenvalue weighted by Crippen LogP contribution is -2.24. The zero-order valence-electron chi connectivity index (χ0n) is 10.6. The van der Waals surface area contributed by atoms with E-state index in [1.807, 2.05) is 18.3 Å². The number of aromatic nitrogens is 1. The average Bonchev–Trinajstić information content (AvgIpc) is 2.78. The van der Waals surface area contributed by atoms with Crippen LogP contribution in [0.5, 0.6) is 0 Å². The molecule has 1 N–H and O–H groups in total. The SMILES string of the molecule is CCCNC(c1ncccc1C)c1occc1Br. The largest absolute Gasteiger partial charge is 0.466 e. The first kappa shape index (κ1) is 13.3. The smallest absolute Gasteiger partial charge is 0.140 e. The van der Waals surface area contributed by atoms with E-state index in [0.717, 1.165) is 34.5 Å². The zero-order valence-corrected chi connectivity index (χ0v) is 12.2. The summed E-state index contributed by atoms with van der Waals surface area (Å²) in [7, 11) is 0. The maximum absolute atomic E-state index is 5.58. The predicted octanol–water partition coefficient (Wildman–Crippen LogP) is 3.83. The number of hydrogen-bond acceptors (Lipinski definition) is 3. The molecule has 0 aliphatic heterocycles. The fraction of sp³-hybridized carbons (Fsp3) is 0.357. The summed E-state index contributed by atoms with van der Waals surface area (Å²) in [5.41, 5.74) is 2.18. The lowest BCUT2D eigenvalue weighted by Gasteiger charge is -2.18. The van der Waals surface area contributed by atoms with Gasteiger partial charge in [0.2, 0.25) is 0 Å². The third-order valence-corrected chi connectivity index (χ3v) is 3.48.